The average Bonchev–Trinajstić information content (AvgIpc) is 3.39. The Morgan fingerprint density at radius 3 is 2.89 bits per heavy atom. The van der Waals surface area contributed by atoms with Crippen molar-refractivity contribution in [2.45, 2.75) is 37.6 Å². The summed E-state index contributed by atoms with van der Waals surface area (Å²) in [6.07, 6.45) is 2.78. The minimum Gasteiger partial charge on any atom is -0.493 e. The topological polar surface area (TPSA) is 56.2 Å². The molecule has 0 spiro atoms. The van der Waals surface area contributed by atoms with Crippen LogP contribution in [-0.4, -0.2) is 40.2 Å². The normalized spacial score (nSPS) is 25.0. The lowest BCUT2D eigenvalue weighted by Gasteiger charge is -2.29. The smallest absolute Gasteiger partial charge is 0.231 e. The van der Waals surface area contributed by atoms with Crippen molar-refractivity contribution in [2.75, 3.05) is 19.9 Å². The second kappa shape index (κ2) is 7.20. The lowest BCUT2D eigenvalue weighted by molar-refractivity contribution is 0.173. The third-order valence-corrected chi connectivity index (χ3v) is 6.27. The molecule has 0 amide bonds. The summed E-state index contributed by atoms with van der Waals surface area (Å²) >= 11 is 1.83. The fourth-order valence-corrected chi connectivity index (χ4v) is 5.05. The van der Waals surface area contributed by atoms with Gasteiger partial charge in [0.1, 0.15) is 11.8 Å². The number of thioether (sulfide) groups is 1. The van der Waals surface area contributed by atoms with E-state index in [1.165, 1.54) is 0 Å². The van der Waals surface area contributed by atoms with Crippen molar-refractivity contribution in [1.29, 1.82) is 0 Å². The van der Waals surface area contributed by atoms with Gasteiger partial charge in [0.15, 0.2) is 16.7 Å². The van der Waals surface area contributed by atoms with Gasteiger partial charge in [0.25, 0.3) is 0 Å². The van der Waals surface area contributed by atoms with Gasteiger partial charge in [0.05, 0.1) is 18.3 Å². The van der Waals surface area contributed by atoms with Crippen LogP contribution in [0.15, 0.2) is 41.5 Å². The van der Waals surface area contributed by atoms with E-state index in [4.69, 9.17) is 19.2 Å². The molecule has 2 aromatic rings. The molecule has 1 aromatic carbocycles. The van der Waals surface area contributed by atoms with Crippen molar-refractivity contribution in [2.24, 2.45) is 4.99 Å². The molecule has 4 heterocycles. The summed E-state index contributed by atoms with van der Waals surface area (Å²) in [6, 6.07) is 10.0. The van der Waals surface area contributed by atoms with Gasteiger partial charge in [0.2, 0.25) is 6.79 Å². The fourth-order valence-electron chi connectivity index (χ4n) is 3.96. The number of ether oxygens (including phenoxy) is 3. The Balaban J connectivity index is 1.61. The van der Waals surface area contributed by atoms with E-state index in [9.17, 15) is 0 Å². The average molecular weight is 398 g/mol. The van der Waals surface area contributed by atoms with Crippen molar-refractivity contribution in [1.82, 2.24) is 9.88 Å². The van der Waals surface area contributed by atoms with Crippen molar-refractivity contribution in [3.63, 3.8) is 0 Å². The number of hydrogen-bond donors (Lipinski definition) is 0. The molecule has 1 saturated heterocycles. The highest BCUT2D eigenvalue weighted by molar-refractivity contribution is 8.14. The second-order valence-electron chi connectivity index (χ2n) is 7.23. The first-order valence-electron chi connectivity index (χ1n) is 9.73. The highest BCUT2D eigenvalue weighted by Crippen LogP contribution is 2.52. The summed E-state index contributed by atoms with van der Waals surface area (Å²) in [6.45, 7) is 6.22. The largest absolute Gasteiger partial charge is 0.493 e. The number of rotatable bonds is 5. The monoisotopic (exact) mass is 397 g/mol. The summed E-state index contributed by atoms with van der Waals surface area (Å²) in [5.74, 6) is 2.36. The lowest BCUT2D eigenvalue weighted by atomic mass is 9.95. The number of nitrogens with zero attached hydrogens (tertiary/aromatic N) is 3. The molecule has 3 aliphatic rings. The Hall–Kier alpha value is -2.41. The first-order valence-corrected chi connectivity index (χ1v) is 10.6. The first kappa shape index (κ1) is 17.7. The van der Waals surface area contributed by atoms with Crippen LogP contribution in [0.3, 0.4) is 0 Å². The van der Waals surface area contributed by atoms with Gasteiger partial charge in [-0.05, 0) is 24.6 Å². The first-order chi connectivity index (χ1) is 13.7. The molecule has 1 fully saturated rings. The zero-order valence-corrected chi connectivity index (χ0v) is 16.8. The Bertz CT molecular complexity index is 905. The number of fused-ring (bicyclic) bond motifs is 2. The maximum atomic E-state index is 6.14. The van der Waals surface area contributed by atoms with Gasteiger partial charge in [-0.15, -0.1) is 0 Å². The summed E-state index contributed by atoms with van der Waals surface area (Å²) < 4.78 is 17.4. The Kier molecular flexibility index (Phi) is 4.55. The van der Waals surface area contributed by atoms with E-state index in [0.717, 1.165) is 46.6 Å². The number of aliphatic imine (C=N–C) groups is 1. The Morgan fingerprint density at radius 1 is 1.25 bits per heavy atom. The van der Waals surface area contributed by atoms with Crippen molar-refractivity contribution in [3.05, 3.63) is 47.8 Å². The molecule has 146 valence electrons. The predicted octanol–water partition coefficient (Wildman–Crippen LogP) is 4.19. The SMILES string of the molecule is CCCOc1cc2c(cc1[C@H]1[C@@H](c3ccccn3)N=C3S[C@@H](C)CN31)OCO2. The molecular formula is C21H23N3O3S. The zero-order chi connectivity index (χ0) is 19.1. The highest BCUT2D eigenvalue weighted by atomic mass is 32.2. The van der Waals surface area contributed by atoms with E-state index in [-0.39, 0.29) is 18.9 Å². The van der Waals surface area contributed by atoms with E-state index in [0.29, 0.717) is 11.9 Å². The Morgan fingerprint density at radius 2 is 2.11 bits per heavy atom. The van der Waals surface area contributed by atoms with Gasteiger partial charge in [-0.25, -0.2) is 0 Å². The molecule has 0 saturated carbocycles. The highest BCUT2D eigenvalue weighted by Gasteiger charge is 2.45. The van der Waals surface area contributed by atoms with Crippen LogP contribution in [0, 0.1) is 0 Å². The van der Waals surface area contributed by atoms with Crippen LogP contribution in [0.1, 0.15) is 43.6 Å². The molecule has 0 bridgehead atoms. The Labute approximate surface area is 168 Å². The zero-order valence-electron chi connectivity index (χ0n) is 16.0. The maximum absolute atomic E-state index is 6.14. The standard InChI is InChI=1S/C21H23N3O3S/c1-3-8-25-16-10-18-17(26-12-27-18)9-14(16)20-19(15-6-4-5-7-22-15)23-21-24(20)11-13(2)28-21/h4-7,9-10,13,19-20H,3,8,11-12H2,1-2H3/t13-,19+,20-/m0/s1. The fraction of sp³-hybridized carbons (Fsp3) is 0.429. The van der Waals surface area contributed by atoms with E-state index < -0.39 is 0 Å². The van der Waals surface area contributed by atoms with Gasteiger partial charge in [-0.3, -0.25) is 9.98 Å². The van der Waals surface area contributed by atoms with E-state index in [2.05, 4.69) is 35.9 Å². The molecule has 0 unspecified atom stereocenters. The van der Waals surface area contributed by atoms with Crippen molar-refractivity contribution in [3.8, 4) is 17.2 Å². The van der Waals surface area contributed by atoms with E-state index in [1.54, 1.807) is 0 Å². The van der Waals surface area contributed by atoms with E-state index in [1.807, 2.05) is 36.2 Å². The summed E-state index contributed by atoms with van der Waals surface area (Å²) in [7, 11) is 0. The minimum atomic E-state index is -0.0689. The van der Waals surface area contributed by atoms with Crippen LogP contribution in [0.2, 0.25) is 0 Å². The molecule has 28 heavy (non-hydrogen) atoms. The summed E-state index contributed by atoms with van der Waals surface area (Å²) in [4.78, 5) is 12.1. The van der Waals surface area contributed by atoms with E-state index >= 15 is 0 Å². The number of aromatic nitrogens is 1. The molecule has 0 N–H and O–H groups in total. The minimum absolute atomic E-state index is 0.0312. The quantitative estimate of drug-likeness (QED) is 0.754. The number of pyridine rings is 1. The summed E-state index contributed by atoms with van der Waals surface area (Å²) in [5, 5.41) is 1.60. The predicted molar refractivity (Wildman–Crippen MR) is 109 cm³/mol. The van der Waals surface area contributed by atoms with Crippen molar-refractivity contribution < 1.29 is 14.2 Å². The second-order valence-corrected chi connectivity index (χ2v) is 8.63. The third kappa shape index (κ3) is 2.98. The van der Waals surface area contributed by atoms with Crippen LogP contribution in [0.5, 0.6) is 17.2 Å². The molecule has 0 aliphatic carbocycles. The number of hydrogen-bond acceptors (Lipinski definition) is 7. The van der Waals surface area contributed by atoms with Crippen LogP contribution in [0.25, 0.3) is 0 Å². The number of amidine groups is 1. The molecule has 7 heteroatoms. The molecule has 6 nitrogen and oxygen atoms in total. The van der Waals surface area contributed by atoms with Crippen LogP contribution >= 0.6 is 11.8 Å². The molecule has 5 rings (SSSR count). The lowest BCUT2D eigenvalue weighted by Crippen LogP contribution is -2.29. The molecule has 1 aromatic heterocycles. The van der Waals surface area contributed by atoms with Gasteiger partial charge < -0.3 is 19.1 Å². The molecule has 3 atom stereocenters. The van der Waals surface area contributed by atoms with Gasteiger partial charge in [-0.1, -0.05) is 31.7 Å². The van der Waals surface area contributed by atoms with Crippen LogP contribution < -0.4 is 14.2 Å². The van der Waals surface area contributed by atoms with Gasteiger partial charge >= 0.3 is 0 Å². The van der Waals surface area contributed by atoms with Crippen LogP contribution in [0.4, 0.5) is 0 Å². The third-order valence-electron chi connectivity index (χ3n) is 5.17. The van der Waals surface area contributed by atoms with Crippen LogP contribution in [-0.2, 0) is 0 Å². The molecular weight excluding hydrogens is 374 g/mol. The van der Waals surface area contributed by atoms with Gasteiger partial charge in [-0.2, -0.15) is 0 Å². The van der Waals surface area contributed by atoms with Gasteiger partial charge in [0, 0.05) is 29.6 Å². The molecule has 3 aliphatic heterocycles. The summed E-state index contributed by atoms with van der Waals surface area (Å²) in [5.41, 5.74) is 2.06. The number of benzene rings is 1. The van der Waals surface area contributed by atoms with Crippen molar-refractivity contribution >= 4 is 16.9 Å². The molecule has 0 radical (unpaired) electrons. The maximum Gasteiger partial charge on any atom is 0.231 e.